The molecular weight excluding hydrogens is 311 g/mol. The van der Waals surface area contributed by atoms with Crippen molar-refractivity contribution in [1.82, 2.24) is 5.32 Å². The van der Waals surface area contributed by atoms with Gasteiger partial charge in [0.05, 0.1) is 12.4 Å². The number of alkyl halides is 4. The molecule has 0 aromatic rings. The SMILES string of the molecule is COC(=O)[C@@H](CC(=O)CBr)NC(=O)C(F)(F)F. The van der Waals surface area contributed by atoms with E-state index in [1.807, 2.05) is 0 Å². The van der Waals surface area contributed by atoms with Crippen molar-refractivity contribution in [2.24, 2.45) is 0 Å². The lowest BCUT2D eigenvalue weighted by atomic mass is 10.1. The summed E-state index contributed by atoms with van der Waals surface area (Å²) >= 11 is 2.78. The molecule has 0 aliphatic heterocycles. The van der Waals surface area contributed by atoms with Gasteiger partial charge in [0.1, 0.15) is 11.8 Å². The molecule has 0 saturated carbocycles. The minimum atomic E-state index is -5.12. The highest BCUT2D eigenvalue weighted by molar-refractivity contribution is 9.09. The van der Waals surface area contributed by atoms with Gasteiger partial charge in [0.2, 0.25) is 0 Å². The van der Waals surface area contributed by atoms with Crippen molar-refractivity contribution in [3.8, 4) is 0 Å². The van der Waals surface area contributed by atoms with E-state index in [2.05, 4.69) is 20.7 Å². The second kappa shape index (κ2) is 6.58. The molecule has 0 spiro atoms. The minimum absolute atomic E-state index is 0.137. The average molecular weight is 320 g/mol. The van der Waals surface area contributed by atoms with Crippen LogP contribution in [-0.4, -0.2) is 42.3 Å². The molecule has 0 aromatic carbocycles. The topological polar surface area (TPSA) is 72.5 Å². The summed E-state index contributed by atoms with van der Waals surface area (Å²) in [4.78, 5) is 32.6. The zero-order valence-electron chi connectivity index (χ0n) is 8.64. The smallest absolute Gasteiger partial charge is 0.467 e. The first-order valence-electron chi connectivity index (χ1n) is 4.25. The molecule has 0 saturated heterocycles. The van der Waals surface area contributed by atoms with Crippen molar-refractivity contribution >= 4 is 33.6 Å². The zero-order valence-corrected chi connectivity index (χ0v) is 10.2. The summed E-state index contributed by atoms with van der Waals surface area (Å²) in [5.74, 6) is -3.95. The molecule has 0 fully saturated rings. The molecule has 0 bridgehead atoms. The highest BCUT2D eigenvalue weighted by atomic mass is 79.9. The number of amides is 1. The highest BCUT2D eigenvalue weighted by Gasteiger charge is 2.41. The van der Waals surface area contributed by atoms with Crippen LogP contribution in [0.2, 0.25) is 0 Å². The van der Waals surface area contributed by atoms with Crippen LogP contribution >= 0.6 is 15.9 Å². The Hall–Kier alpha value is -1.12. The van der Waals surface area contributed by atoms with Gasteiger partial charge < -0.3 is 10.1 Å². The molecule has 17 heavy (non-hydrogen) atoms. The Morgan fingerprint density at radius 2 is 1.88 bits per heavy atom. The largest absolute Gasteiger partial charge is 0.471 e. The molecule has 0 heterocycles. The molecule has 1 amide bonds. The van der Waals surface area contributed by atoms with E-state index in [9.17, 15) is 27.6 Å². The number of rotatable bonds is 5. The van der Waals surface area contributed by atoms with E-state index in [1.165, 1.54) is 5.32 Å². The highest BCUT2D eigenvalue weighted by Crippen LogP contribution is 2.15. The fourth-order valence-corrected chi connectivity index (χ4v) is 1.09. The Morgan fingerprint density at radius 3 is 2.24 bits per heavy atom. The Bertz CT molecular complexity index is 318. The van der Waals surface area contributed by atoms with E-state index in [0.29, 0.717) is 0 Å². The fourth-order valence-electron chi connectivity index (χ4n) is 0.858. The lowest BCUT2D eigenvalue weighted by Gasteiger charge is -2.16. The van der Waals surface area contributed by atoms with Crippen LogP contribution in [0.3, 0.4) is 0 Å². The predicted octanol–water partition coefficient (Wildman–Crippen LogP) is 0.561. The first-order chi connectivity index (χ1) is 7.72. The molecule has 5 nitrogen and oxygen atoms in total. The molecule has 98 valence electrons. The lowest BCUT2D eigenvalue weighted by Crippen LogP contribution is -2.48. The van der Waals surface area contributed by atoms with Gasteiger partial charge in [-0.1, -0.05) is 15.9 Å². The molecule has 0 radical (unpaired) electrons. The van der Waals surface area contributed by atoms with Gasteiger partial charge in [0.15, 0.2) is 0 Å². The van der Waals surface area contributed by atoms with Gasteiger partial charge in [-0.05, 0) is 0 Å². The van der Waals surface area contributed by atoms with Crippen molar-refractivity contribution in [2.45, 2.75) is 18.6 Å². The number of methoxy groups -OCH3 is 1. The molecule has 0 rings (SSSR count). The van der Waals surface area contributed by atoms with Crippen LogP contribution in [0.25, 0.3) is 0 Å². The van der Waals surface area contributed by atoms with Crippen molar-refractivity contribution in [1.29, 1.82) is 0 Å². The Morgan fingerprint density at radius 1 is 1.35 bits per heavy atom. The maximum Gasteiger partial charge on any atom is 0.471 e. The Kier molecular flexibility index (Phi) is 6.14. The number of halogens is 4. The maximum absolute atomic E-state index is 11.9. The fraction of sp³-hybridized carbons (Fsp3) is 0.625. The number of hydrogen-bond acceptors (Lipinski definition) is 4. The number of carbonyl (C=O) groups is 3. The number of Topliss-reactive ketones (excluding diaryl/α,β-unsaturated/α-hetero) is 1. The van der Waals surface area contributed by atoms with Crippen LogP contribution in [0.5, 0.6) is 0 Å². The third-order valence-corrected chi connectivity index (χ3v) is 2.25. The maximum atomic E-state index is 11.9. The molecule has 1 N–H and O–H groups in total. The van der Waals surface area contributed by atoms with Crippen molar-refractivity contribution in [3.63, 3.8) is 0 Å². The lowest BCUT2D eigenvalue weighted by molar-refractivity contribution is -0.175. The molecule has 9 heteroatoms. The van der Waals surface area contributed by atoms with Crippen LogP contribution in [-0.2, 0) is 19.1 Å². The van der Waals surface area contributed by atoms with Gasteiger partial charge in [-0.3, -0.25) is 9.59 Å². The Labute approximate surface area is 103 Å². The molecule has 1 atom stereocenters. The first-order valence-corrected chi connectivity index (χ1v) is 5.37. The van der Waals surface area contributed by atoms with Crippen LogP contribution in [0.15, 0.2) is 0 Å². The third-order valence-electron chi connectivity index (χ3n) is 1.63. The van der Waals surface area contributed by atoms with Gasteiger partial charge >= 0.3 is 18.1 Å². The van der Waals surface area contributed by atoms with E-state index in [-0.39, 0.29) is 5.33 Å². The van der Waals surface area contributed by atoms with Gasteiger partial charge in [0.25, 0.3) is 0 Å². The second-order valence-electron chi connectivity index (χ2n) is 2.92. The van der Waals surface area contributed by atoms with E-state index < -0.39 is 36.3 Å². The number of carbonyl (C=O) groups excluding carboxylic acids is 3. The summed E-state index contributed by atoms with van der Waals surface area (Å²) in [7, 11) is 0.938. The number of nitrogens with one attached hydrogen (secondary N) is 1. The standard InChI is InChI=1S/C8H9BrF3NO4/c1-17-6(15)5(2-4(14)3-9)13-7(16)8(10,11)12/h5H,2-3H2,1H3,(H,13,16)/t5-/m1/s1. The van der Waals surface area contributed by atoms with Crippen LogP contribution in [0, 0.1) is 0 Å². The van der Waals surface area contributed by atoms with E-state index in [1.54, 1.807) is 0 Å². The third kappa shape index (κ3) is 5.66. The molecule has 0 aliphatic carbocycles. The number of hydrogen-bond donors (Lipinski definition) is 1. The molecule has 0 aliphatic rings. The quantitative estimate of drug-likeness (QED) is 0.593. The van der Waals surface area contributed by atoms with Gasteiger partial charge in [-0.25, -0.2) is 4.79 Å². The summed E-state index contributed by atoms with van der Waals surface area (Å²) < 4.78 is 40.0. The number of ketones is 1. The summed E-state index contributed by atoms with van der Waals surface area (Å²) in [6, 6.07) is -1.64. The molecule has 0 unspecified atom stereocenters. The van der Waals surface area contributed by atoms with Crippen LogP contribution in [0.4, 0.5) is 13.2 Å². The summed E-state index contributed by atoms with van der Waals surface area (Å²) in [6.07, 6.45) is -5.69. The second-order valence-corrected chi connectivity index (χ2v) is 3.48. The van der Waals surface area contributed by atoms with Crippen molar-refractivity contribution in [2.75, 3.05) is 12.4 Å². The molecular formula is C8H9BrF3NO4. The van der Waals surface area contributed by atoms with Gasteiger partial charge in [-0.2, -0.15) is 13.2 Å². The van der Waals surface area contributed by atoms with Crippen molar-refractivity contribution in [3.05, 3.63) is 0 Å². The van der Waals surface area contributed by atoms with E-state index >= 15 is 0 Å². The summed E-state index contributed by atoms with van der Waals surface area (Å²) in [5.41, 5.74) is 0. The van der Waals surface area contributed by atoms with Gasteiger partial charge in [0, 0.05) is 6.42 Å². The predicted molar refractivity (Wildman–Crippen MR) is 53.4 cm³/mol. The number of esters is 1. The summed E-state index contributed by atoms with van der Waals surface area (Å²) in [6.45, 7) is 0. The zero-order chi connectivity index (χ0) is 13.6. The summed E-state index contributed by atoms with van der Waals surface area (Å²) in [5, 5.41) is 1.26. The van der Waals surface area contributed by atoms with E-state index in [0.717, 1.165) is 7.11 Å². The van der Waals surface area contributed by atoms with Gasteiger partial charge in [-0.15, -0.1) is 0 Å². The minimum Gasteiger partial charge on any atom is -0.467 e. The number of ether oxygens (including phenoxy) is 1. The average Bonchev–Trinajstić information content (AvgIpc) is 2.25. The van der Waals surface area contributed by atoms with Crippen molar-refractivity contribution < 1.29 is 32.3 Å². The first kappa shape index (κ1) is 15.9. The normalized spacial score (nSPS) is 12.8. The molecule has 0 aromatic heterocycles. The van der Waals surface area contributed by atoms with Crippen LogP contribution < -0.4 is 5.32 Å². The Balaban J connectivity index is 4.66. The monoisotopic (exact) mass is 319 g/mol. The van der Waals surface area contributed by atoms with E-state index in [4.69, 9.17) is 0 Å². The van der Waals surface area contributed by atoms with Crippen LogP contribution in [0.1, 0.15) is 6.42 Å².